The molecule has 5 rings (SSSR count). The predicted octanol–water partition coefficient (Wildman–Crippen LogP) is 3.23. The Morgan fingerprint density at radius 1 is 1.00 bits per heavy atom. The van der Waals surface area contributed by atoms with Gasteiger partial charge in [0.1, 0.15) is 11.6 Å². The van der Waals surface area contributed by atoms with E-state index in [1.165, 1.54) is 12.1 Å². The van der Waals surface area contributed by atoms with Crippen LogP contribution in [0.2, 0.25) is 0 Å². The summed E-state index contributed by atoms with van der Waals surface area (Å²) in [5.41, 5.74) is 1.88. The van der Waals surface area contributed by atoms with Gasteiger partial charge in [-0.3, -0.25) is 9.59 Å². The standard InChI is InChI=1S/C22H20FN5O3/c1-31-16-8-4-13(5-9-16)17-12-18(14-2-6-15(23)7-3-14)28-21(24-17)25-22(26-28)27-19(29)10-11-20(27)30/h2-9,17-18H,10-12H2,1H3,(H,24,25,26)/t17-,18-/m0/s1. The maximum atomic E-state index is 13.5. The molecular formula is C22H20FN5O3. The van der Waals surface area contributed by atoms with E-state index in [1.54, 1.807) is 23.9 Å². The van der Waals surface area contributed by atoms with Gasteiger partial charge >= 0.3 is 0 Å². The lowest BCUT2D eigenvalue weighted by Gasteiger charge is -2.31. The van der Waals surface area contributed by atoms with Crippen LogP contribution < -0.4 is 15.0 Å². The molecule has 0 unspecified atom stereocenters. The fraction of sp³-hybridized carbons (Fsp3) is 0.273. The van der Waals surface area contributed by atoms with Crippen molar-refractivity contribution in [1.29, 1.82) is 0 Å². The van der Waals surface area contributed by atoms with Crippen LogP contribution in [-0.2, 0) is 9.59 Å². The van der Waals surface area contributed by atoms with Crippen LogP contribution in [-0.4, -0.2) is 33.7 Å². The van der Waals surface area contributed by atoms with Gasteiger partial charge in [-0.05, 0) is 41.8 Å². The van der Waals surface area contributed by atoms with Crippen molar-refractivity contribution in [2.24, 2.45) is 0 Å². The van der Waals surface area contributed by atoms with Crippen molar-refractivity contribution >= 4 is 23.7 Å². The highest BCUT2D eigenvalue weighted by atomic mass is 19.1. The van der Waals surface area contributed by atoms with Crippen LogP contribution in [0.4, 0.5) is 16.3 Å². The lowest BCUT2D eigenvalue weighted by Crippen LogP contribution is -2.30. The molecule has 158 valence electrons. The fourth-order valence-corrected chi connectivity index (χ4v) is 4.08. The van der Waals surface area contributed by atoms with Gasteiger partial charge in [0.25, 0.3) is 5.95 Å². The number of halogens is 1. The highest BCUT2D eigenvalue weighted by Crippen LogP contribution is 2.39. The minimum Gasteiger partial charge on any atom is -0.497 e. The molecule has 0 radical (unpaired) electrons. The maximum Gasteiger partial charge on any atom is 0.260 e. The monoisotopic (exact) mass is 421 g/mol. The van der Waals surface area contributed by atoms with E-state index in [2.05, 4.69) is 15.4 Å². The van der Waals surface area contributed by atoms with Gasteiger partial charge in [0.15, 0.2) is 0 Å². The Hall–Kier alpha value is -3.75. The molecule has 9 heteroatoms. The fourth-order valence-electron chi connectivity index (χ4n) is 4.08. The summed E-state index contributed by atoms with van der Waals surface area (Å²) in [5, 5.41) is 7.84. The summed E-state index contributed by atoms with van der Waals surface area (Å²) in [6, 6.07) is 13.6. The zero-order chi connectivity index (χ0) is 21.5. The normalized spacial score (nSPS) is 20.5. The average Bonchev–Trinajstić information content (AvgIpc) is 3.35. The first-order valence-electron chi connectivity index (χ1n) is 10.0. The van der Waals surface area contributed by atoms with Gasteiger partial charge in [0.2, 0.25) is 17.8 Å². The quantitative estimate of drug-likeness (QED) is 0.651. The number of carbonyl (C=O) groups is 2. The van der Waals surface area contributed by atoms with Crippen LogP contribution in [0.5, 0.6) is 5.75 Å². The first-order valence-corrected chi connectivity index (χ1v) is 10.0. The zero-order valence-electron chi connectivity index (χ0n) is 16.8. The molecule has 3 aromatic rings. The Kier molecular flexibility index (Phi) is 4.65. The van der Waals surface area contributed by atoms with Crippen LogP contribution >= 0.6 is 0 Å². The van der Waals surface area contributed by atoms with Crippen molar-refractivity contribution < 1.29 is 18.7 Å². The van der Waals surface area contributed by atoms with Gasteiger partial charge in [-0.1, -0.05) is 24.3 Å². The smallest absolute Gasteiger partial charge is 0.260 e. The second-order valence-corrected chi connectivity index (χ2v) is 7.58. The van der Waals surface area contributed by atoms with E-state index in [-0.39, 0.29) is 48.5 Å². The number of methoxy groups -OCH3 is 1. The molecule has 31 heavy (non-hydrogen) atoms. The highest BCUT2D eigenvalue weighted by Gasteiger charge is 2.37. The molecule has 1 aromatic heterocycles. The number of fused-ring (bicyclic) bond motifs is 1. The molecule has 0 spiro atoms. The molecule has 8 nitrogen and oxygen atoms in total. The Labute approximate surface area is 177 Å². The van der Waals surface area contributed by atoms with Crippen molar-refractivity contribution in [2.75, 3.05) is 17.3 Å². The lowest BCUT2D eigenvalue weighted by molar-refractivity contribution is -0.121. The Bertz CT molecular complexity index is 1130. The molecule has 0 saturated carbocycles. The molecular weight excluding hydrogens is 401 g/mol. The van der Waals surface area contributed by atoms with Crippen LogP contribution in [0.25, 0.3) is 0 Å². The van der Waals surface area contributed by atoms with Crippen molar-refractivity contribution in [2.45, 2.75) is 31.3 Å². The molecule has 2 amide bonds. The number of amides is 2. The van der Waals surface area contributed by atoms with Crippen molar-refractivity contribution in [3.8, 4) is 5.75 Å². The Balaban J connectivity index is 1.55. The number of hydrogen-bond acceptors (Lipinski definition) is 6. The van der Waals surface area contributed by atoms with Gasteiger partial charge in [0, 0.05) is 12.8 Å². The molecule has 1 N–H and O–H groups in total. The second kappa shape index (κ2) is 7.50. The number of nitrogens with zero attached hydrogens (tertiary/aromatic N) is 4. The van der Waals surface area contributed by atoms with Crippen LogP contribution in [0.1, 0.15) is 42.5 Å². The number of aromatic nitrogens is 3. The molecule has 2 aliphatic heterocycles. The van der Waals surface area contributed by atoms with E-state index in [9.17, 15) is 14.0 Å². The van der Waals surface area contributed by atoms with Crippen LogP contribution in [0.3, 0.4) is 0 Å². The maximum absolute atomic E-state index is 13.5. The third-order valence-electron chi connectivity index (χ3n) is 5.70. The van der Waals surface area contributed by atoms with E-state index in [4.69, 9.17) is 4.74 Å². The average molecular weight is 421 g/mol. The second-order valence-electron chi connectivity index (χ2n) is 7.58. The molecule has 1 saturated heterocycles. The van der Waals surface area contributed by atoms with Crippen molar-refractivity contribution in [3.63, 3.8) is 0 Å². The molecule has 2 atom stereocenters. The third kappa shape index (κ3) is 3.41. The number of ether oxygens (including phenoxy) is 1. The number of rotatable bonds is 4. The summed E-state index contributed by atoms with van der Waals surface area (Å²) >= 11 is 0. The van der Waals surface area contributed by atoms with Gasteiger partial charge in [-0.25, -0.2) is 14.0 Å². The van der Waals surface area contributed by atoms with Crippen molar-refractivity contribution in [1.82, 2.24) is 14.8 Å². The summed E-state index contributed by atoms with van der Waals surface area (Å²) in [7, 11) is 1.61. The SMILES string of the molecule is COc1ccc([C@@H]2C[C@@H](c3ccc(F)cc3)n3nc(N4C(=O)CCC4=O)nc3N2)cc1. The molecule has 2 aliphatic rings. The van der Waals surface area contributed by atoms with Gasteiger partial charge in [-0.15, -0.1) is 5.10 Å². The molecule has 3 heterocycles. The number of benzene rings is 2. The third-order valence-corrected chi connectivity index (χ3v) is 5.70. The zero-order valence-corrected chi connectivity index (χ0v) is 16.8. The minimum atomic E-state index is -0.322. The van der Waals surface area contributed by atoms with Crippen LogP contribution in [0, 0.1) is 5.82 Å². The molecule has 2 aromatic carbocycles. The van der Waals surface area contributed by atoms with Crippen molar-refractivity contribution in [3.05, 3.63) is 65.5 Å². The summed E-state index contributed by atoms with van der Waals surface area (Å²) in [5.74, 6) is 0.334. The highest BCUT2D eigenvalue weighted by molar-refractivity contribution is 6.18. The Morgan fingerprint density at radius 2 is 1.65 bits per heavy atom. The van der Waals surface area contributed by atoms with Gasteiger partial charge in [-0.2, -0.15) is 4.98 Å². The van der Waals surface area contributed by atoms with Gasteiger partial charge in [0.05, 0.1) is 19.2 Å². The summed E-state index contributed by atoms with van der Waals surface area (Å²) < 4.78 is 20.4. The molecule has 1 fully saturated rings. The van der Waals surface area contributed by atoms with Gasteiger partial charge < -0.3 is 10.1 Å². The summed E-state index contributed by atoms with van der Waals surface area (Å²) in [6.07, 6.45) is 0.938. The minimum absolute atomic E-state index is 0.0671. The largest absolute Gasteiger partial charge is 0.497 e. The Morgan fingerprint density at radius 3 is 2.29 bits per heavy atom. The van der Waals surface area contributed by atoms with E-state index in [0.717, 1.165) is 21.8 Å². The molecule has 0 aliphatic carbocycles. The van der Waals surface area contributed by atoms with E-state index < -0.39 is 0 Å². The van der Waals surface area contributed by atoms with E-state index in [1.807, 2.05) is 24.3 Å². The first kappa shape index (κ1) is 19.2. The first-order chi connectivity index (χ1) is 15.0. The van der Waals surface area contributed by atoms with Crippen LogP contribution in [0.15, 0.2) is 48.5 Å². The number of hydrogen-bond donors (Lipinski definition) is 1. The topological polar surface area (TPSA) is 89.4 Å². The predicted molar refractivity (Wildman–Crippen MR) is 110 cm³/mol. The molecule has 0 bridgehead atoms. The summed E-state index contributed by atoms with van der Waals surface area (Å²) in [4.78, 5) is 29.9. The number of nitrogens with one attached hydrogen (secondary N) is 1. The number of imide groups is 1. The van der Waals surface area contributed by atoms with E-state index >= 15 is 0 Å². The summed E-state index contributed by atoms with van der Waals surface area (Å²) in [6.45, 7) is 0. The lowest BCUT2D eigenvalue weighted by atomic mass is 9.93. The number of anilines is 2. The number of carbonyl (C=O) groups excluding carboxylic acids is 2. The van der Waals surface area contributed by atoms with E-state index in [0.29, 0.717) is 12.4 Å².